The van der Waals surface area contributed by atoms with Crippen LogP contribution in [0.1, 0.15) is 172 Å². The third-order valence-corrected chi connectivity index (χ3v) is 22.5. The average Bonchev–Trinajstić information content (AvgIpc) is 1.67. The maximum atomic E-state index is 9.47. The van der Waals surface area contributed by atoms with Crippen LogP contribution in [0.5, 0.6) is 11.5 Å². The first-order valence-corrected chi connectivity index (χ1v) is 39.4. The lowest BCUT2D eigenvalue weighted by Crippen LogP contribution is -2.31. The molecular formula is C108H102N4O. The summed E-state index contributed by atoms with van der Waals surface area (Å²) in [6.45, 7) is 41.1. The fourth-order valence-corrected chi connectivity index (χ4v) is 15.8. The van der Waals surface area contributed by atoms with Gasteiger partial charge in [0.2, 0.25) is 0 Å². The summed E-state index contributed by atoms with van der Waals surface area (Å²) >= 11 is 0. The number of benzene rings is 13. The van der Waals surface area contributed by atoms with Crippen LogP contribution in [0.25, 0.3) is 148 Å². The van der Waals surface area contributed by atoms with Crippen LogP contribution < -0.4 is 9.30 Å². The minimum atomic E-state index is -0.584. The zero-order chi connectivity index (χ0) is 87.7. The number of hydrogen-bond acceptors (Lipinski definition) is 2. The molecule has 0 spiro atoms. The third kappa shape index (κ3) is 14.2. The number of para-hydroxylation sites is 4. The Morgan fingerprint density at radius 2 is 0.726 bits per heavy atom. The number of pyridine rings is 1. The lowest BCUT2D eigenvalue weighted by molar-refractivity contribution is -0.571. The van der Waals surface area contributed by atoms with Crippen molar-refractivity contribution >= 4 is 97.5 Å². The van der Waals surface area contributed by atoms with E-state index in [1.165, 1.54) is 27.8 Å². The van der Waals surface area contributed by atoms with Crippen molar-refractivity contribution in [2.75, 3.05) is 0 Å². The molecule has 17 aromatic rings. The summed E-state index contributed by atoms with van der Waals surface area (Å²) in [5.41, 5.74) is 11.1. The van der Waals surface area contributed by atoms with Crippen LogP contribution in [-0.2, 0) is 32.5 Å². The lowest BCUT2D eigenvalue weighted by Gasteiger charge is -2.23. The number of rotatable bonds is 8. The van der Waals surface area contributed by atoms with Gasteiger partial charge in [0.05, 0.1) is 47.1 Å². The molecule has 17 rings (SSSR count). The number of aromatic nitrogens is 4. The van der Waals surface area contributed by atoms with Gasteiger partial charge in [0, 0.05) is 28.6 Å². The van der Waals surface area contributed by atoms with Gasteiger partial charge < -0.3 is 4.74 Å². The molecule has 0 aliphatic heterocycles. The molecule has 113 heavy (non-hydrogen) atoms. The second-order valence-electron chi connectivity index (χ2n) is 37.0. The molecule has 3 aromatic heterocycles. The Morgan fingerprint density at radius 1 is 0.327 bits per heavy atom. The molecule has 0 fully saturated rings. The van der Waals surface area contributed by atoms with Gasteiger partial charge in [-0.2, -0.15) is 0 Å². The quantitative estimate of drug-likeness (QED) is 0.112. The van der Waals surface area contributed by atoms with Crippen LogP contribution in [0.15, 0.2) is 291 Å². The first-order valence-electron chi connectivity index (χ1n) is 44.4. The second kappa shape index (κ2) is 27.5. The maximum Gasteiger partial charge on any atom is 0.269 e. The van der Waals surface area contributed by atoms with E-state index in [0.717, 1.165) is 109 Å². The lowest BCUT2D eigenvalue weighted by atomic mass is 9.82. The van der Waals surface area contributed by atoms with E-state index in [1.807, 2.05) is 53.2 Å². The number of imidazole rings is 1. The fourth-order valence-electron chi connectivity index (χ4n) is 15.8. The highest BCUT2D eigenvalue weighted by atomic mass is 16.5. The minimum absolute atomic E-state index is 0.134. The molecule has 14 aromatic carbocycles. The van der Waals surface area contributed by atoms with Crippen molar-refractivity contribution in [1.29, 1.82) is 0 Å². The van der Waals surface area contributed by atoms with Crippen LogP contribution in [0.2, 0.25) is 0 Å². The van der Waals surface area contributed by atoms with Gasteiger partial charge in [0.1, 0.15) is 17.3 Å². The van der Waals surface area contributed by atoms with E-state index in [9.17, 15) is 5.48 Å². The summed E-state index contributed by atoms with van der Waals surface area (Å²) < 4.78 is 105. The molecule has 560 valence electrons. The molecule has 0 N–H and O–H groups in total. The van der Waals surface area contributed by atoms with Crippen LogP contribution >= 0.6 is 0 Å². The minimum Gasteiger partial charge on any atom is -0.457 e. The van der Waals surface area contributed by atoms with Gasteiger partial charge in [0.15, 0.2) is 0 Å². The molecule has 0 aliphatic rings. The molecular weight excluding hydrogens is 1370 g/mol. The number of hydrogen-bond donors (Lipinski definition) is 0. The topological polar surface area (TPSA) is 35.9 Å². The van der Waals surface area contributed by atoms with Crippen molar-refractivity contribution in [2.45, 2.75) is 157 Å². The first kappa shape index (κ1) is 62.7. The van der Waals surface area contributed by atoms with E-state index < -0.39 is 60.4 Å². The predicted molar refractivity (Wildman–Crippen MR) is 482 cm³/mol. The summed E-state index contributed by atoms with van der Waals surface area (Å²) in [5, 5.41) is 15.1. The standard InChI is InChI=1S/C108H102N4O/c1-103(2,3)83-44-45-109-101(64-83)112-96-37-26-25-34-94(96)95-43-41-90(66-99(95)112)113-100-65-89(110-67-111(98-39-28-27-38-97(98)110)102-92(68-30-21-19-22-31-68)35-29-36-93(102)69-32-23-20-24-33-69)40-42-91(100)82-52-70-46-71(53-82)73-48-75(57-85(55-73)105(7,8)9)77-50-79(61-87(59-77)107(13,14)15)81-51-80(62-88(63-81)108(16,17)18)78-49-76(58-86(60-78)106(10,11)12)74-47-72(70)54-84(56-74)104(4,5)6/h19-66H,1-18H3/i19D,20D,21D,22D,23D,24D,30D,31D,32D,33D. The number of nitrogens with zero attached hydrogens (tertiary/aromatic N) is 4. The summed E-state index contributed by atoms with van der Waals surface area (Å²) in [4.78, 5) is 5.07. The number of ether oxygens (including phenoxy) is 1. The predicted octanol–water partition coefficient (Wildman–Crippen LogP) is 29.4. The Morgan fingerprint density at radius 3 is 1.16 bits per heavy atom. The van der Waals surface area contributed by atoms with E-state index in [1.54, 1.807) is 22.8 Å². The van der Waals surface area contributed by atoms with Gasteiger partial charge >= 0.3 is 0 Å². The van der Waals surface area contributed by atoms with Gasteiger partial charge in [-0.1, -0.05) is 312 Å². The molecule has 0 atom stereocenters. The van der Waals surface area contributed by atoms with Crippen LogP contribution in [0.4, 0.5) is 0 Å². The fraction of sp³-hybridized carbons (Fsp3) is 0.222. The Bertz CT molecular complexity index is 7140. The summed E-state index contributed by atoms with van der Waals surface area (Å²) in [7, 11) is 0. The zero-order valence-electron chi connectivity index (χ0n) is 78.1. The highest BCUT2D eigenvalue weighted by molar-refractivity contribution is 6.10. The van der Waals surface area contributed by atoms with E-state index in [-0.39, 0.29) is 60.4 Å². The monoisotopic (exact) mass is 1480 g/mol. The molecule has 0 radical (unpaired) electrons. The zero-order valence-corrected chi connectivity index (χ0v) is 68.1. The van der Waals surface area contributed by atoms with Crippen molar-refractivity contribution in [1.82, 2.24) is 14.1 Å². The second-order valence-corrected chi connectivity index (χ2v) is 37.0. The molecule has 5 heteroatoms. The van der Waals surface area contributed by atoms with E-state index in [2.05, 4.69) is 299 Å². The molecule has 0 saturated heterocycles. The molecule has 12 bridgehead atoms. The maximum absolute atomic E-state index is 9.47. The largest absolute Gasteiger partial charge is 0.457 e. The van der Waals surface area contributed by atoms with Crippen LogP contribution in [-0.4, -0.2) is 14.1 Å². The van der Waals surface area contributed by atoms with Crippen LogP contribution in [0.3, 0.4) is 0 Å². The average molecular weight is 1480 g/mol. The van der Waals surface area contributed by atoms with Gasteiger partial charge in [-0.3, -0.25) is 13.7 Å². The first-order chi connectivity index (χ1) is 57.9. The molecule has 0 amide bonds. The van der Waals surface area contributed by atoms with E-state index >= 15 is 0 Å². The summed E-state index contributed by atoms with van der Waals surface area (Å²) in [6.07, 6.45) is 5.56. The Labute approximate surface area is 680 Å². The molecule has 0 aliphatic carbocycles. The number of fused-ring (bicyclic) bond motifs is 22. The molecule has 5 nitrogen and oxygen atoms in total. The van der Waals surface area contributed by atoms with Gasteiger partial charge in [-0.25, -0.2) is 4.98 Å². The van der Waals surface area contributed by atoms with Gasteiger partial charge in [-0.05, 0) is 249 Å². The van der Waals surface area contributed by atoms with Crippen molar-refractivity contribution in [3.05, 3.63) is 331 Å². The van der Waals surface area contributed by atoms with Gasteiger partial charge in [-0.15, -0.1) is 0 Å². The third-order valence-electron chi connectivity index (χ3n) is 22.5. The smallest absolute Gasteiger partial charge is 0.269 e. The van der Waals surface area contributed by atoms with Crippen molar-refractivity contribution in [3.63, 3.8) is 0 Å². The van der Waals surface area contributed by atoms with Crippen molar-refractivity contribution < 1.29 is 23.0 Å². The highest BCUT2D eigenvalue weighted by Crippen LogP contribution is 2.45. The van der Waals surface area contributed by atoms with E-state index in [4.69, 9.17) is 17.9 Å². The summed E-state index contributed by atoms with van der Waals surface area (Å²) in [5.74, 6) is 1.77. The Hall–Kier alpha value is -11.9. The van der Waals surface area contributed by atoms with Crippen molar-refractivity contribution in [3.8, 4) is 62.1 Å². The Balaban J connectivity index is 1.01. The van der Waals surface area contributed by atoms with Crippen LogP contribution in [0, 0.1) is 6.33 Å². The molecule has 3 heterocycles. The Kier molecular flexibility index (Phi) is 15.2. The van der Waals surface area contributed by atoms with Gasteiger partial charge in [0.25, 0.3) is 6.33 Å². The molecule has 0 unspecified atom stereocenters. The van der Waals surface area contributed by atoms with E-state index in [0.29, 0.717) is 28.2 Å². The SMILES string of the molecule is [2H]c1c([2H])c([2H])c(-c2cccc(-c3c([2H])c([2H])c([2H])c([2H])c3[2H])c2-[n+]2[c-]n(-c3ccc(-c4cc5cc(c4)c4cc(C(C)(C)C)cc(c4)c4cc(C(C)(C)C)cc(c4)c4cc(C(C)(C)C)cc(c4)c4cc(C(C)(C)C)cc(c4)c4cc(C(C)(C)C)cc5c4)c(Oc4ccc5c6ccccc6n(-c6cc(C(C)(C)C)ccn6)c5c4)c3)c3ccccc32)c([2H])c1[2H]. The molecule has 0 saturated carbocycles. The van der Waals surface area contributed by atoms with Crippen molar-refractivity contribution in [2.24, 2.45) is 0 Å². The normalized spacial score (nSPS) is 13.9. The highest BCUT2D eigenvalue weighted by Gasteiger charge is 2.27. The summed E-state index contributed by atoms with van der Waals surface area (Å²) in [6, 6.07) is 75.0.